The van der Waals surface area contributed by atoms with E-state index >= 15 is 0 Å². The van der Waals surface area contributed by atoms with Gasteiger partial charge in [0.15, 0.2) is 17.5 Å². The molecule has 0 radical (unpaired) electrons. The lowest BCUT2D eigenvalue weighted by atomic mass is 9.96. The molecule has 12 aromatic rings. The molecule has 0 fully saturated rings. The van der Waals surface area contributed by atoms with Gasteiger partial charge in [0, 0.05) is 33.5 Å². The normalized spacial score (nSPS) is 11.5. The van der Waals surface area contributed by atoms with Crippen molar-refractivity contribution in [1.29, 1.82) is 0 Å². The van der Waals surface area contributed by atoms with Gasteiger partial charge in [-0.15, -0.1) is 0 Å². The van der Waals surface area contributed by atoms with Gasteiger partial charge in [-0.1, -0.05) is 176 Å². The standard InChI is InChI=1S/C57H35N5O/c1-3-10-36(11-4-1)37-22-26-42(27-23-37)56-60-55(41-12-5-2-6-13-41)61-57(62-56)43-28-24-39(25-29-43)38-18-20-40(21-19-38)44-14-9-15-45(32-44)46-30-31-49-50(33-46)59-52-35-54-48(34-51(52)58-49)47-16-7-8-17-53(47)63-54/h1-35H. The van der Waals surface area contributed by atoms with Crippen molar-refractivity contribution in [3.8, 4) is 78.7 Å². The van der Waals surface area contributed by atoms with Crippen LogP contribution in [0.3, 0.4) is 0 Å². The highest BCUT2D eigenvalue weighted by Gasteiger charge is 2.15. The number of nitrogens with zero attached hydrogens (tertiary/aromatic N) is 5. The van der Waals surface area contributed by atoms with E-state index in [1.807, 2.05) is 60.7 Å². The van der Waals surface area contributed by atoms with Crippen LogP contribution >= 0.6 is 0 Å². The van der Waals surface area contributed by atoms with Gasteiger partial charge in [0.2, 0.25) is 0 Å². The minimum absolute atomic E-state index is 0.628. The number of hydrogen-bond donors (Lipinski definition) is 0. The molecule has 0 amide bonds. The van der Waals surface area contributed by atoms with Crippen molar-refractivity contribution in [2.24, 2.45) is 0 Å². The Kier molecular flexibility index (Phi) is 8.71. The van der Waals surface area contributed by atoms with Gasteiger partial charge in [-0.2, -0.15) is 0 Å². The molecule has 0 aliphatic carbocycles. The number of aromatic nitrogens is 5. The molecule has 0 bridgehead atoms. The maximum Gasteiger partial charge on any atom is 0.164 e. The van der Waals surface area contributed by atoms with Crippen LogP contribution in [0.1, 0.15) is 0 Å². The topological polar surface area (TPSA) is 77.6 Å². The predicted octanol–water partition coefficient (Wildman–Crippen LogP) is 14.5. The lowest BCUT2D eigenvalue weighted by molar-refractivity contribution is 0.669. The smallest absolute Gasteiger partial charge is 0.164 e. The number of benzene rings is 9. The third kappa shape index (κ3) is 6.86. The number of rotatable bonds is 7. The highest BCUT2D eigenvalue weighted by atomic mass is 16.3. The third-order valence-electron chi connectivity index (χ3n) is 11.7. The van der Waals surface area contributed by atoms with Crippen LogP contribution in [0.5, 0.6) is 0 Å². The lowest BCUT2D eigenvalue weighted by Crippen LogP contribution is -2.00. The van der Waals surface area contributed by atoms with E-state index in [9.17, 15) is 0 Å². The van der Waals surface area contributed by atoms with Crippen LogP contribution in [0.15, 0.2) is 217 Å². The van der Waals surface area contributed by atoms with E-state index in [0.29, 0.717) is 17.5 Å². The molecule has 9 aromatic carbocycles. The molecule has 294 valence electrons. The fourth-order valence-corrected chi connectivity index (χ4v) is 8.41. The van der Waals surface area contributed by atoms with E-state index in [1.165, 1.54) is 5.56 Å². The molecule has 6 nitrogen and oxygen atoms in total. The van der Waals surface area contributed by atoms with Crippen LogP contribution in [0, 0.1) is 0 Å². The summed E-state index contributed by atoms with van der Waals surface area (Å²) < 4.78 is 6.15. The Bertz CT molecular complexity index is 3640. The van der Waals surface area contributed by atoms with Gasteiger partial charge < -0.3 is 4.42 Å². The fraction of sp³-hybridized carbons (Fsp3) is 0. The summed E-state index contributed by atoms with van der Waals surface area (Å²) in [7, 11) is 0. The zero-order chi connectivity index (χ0) is 41.7. The fourth-order valence-electron chi connectivity index (χ4n) is 8.41. The maximum absolute atomic E-state index is 6.15. The van der Waals surface area contributed by atoms with E-state index in [2.05, 4.69) is 152 Å². The quantitative estimate of drug-likeness (QED) is 0.149. The summed E-state index contributed by atoms with van der Waals surface area (Å²) in [6, 6.07) is 73.2. The predicted molar refractivity (Wildman–Crippen MR) is 256 cm³/mol. The molecule has 6 heteroatoms. The minimum Gasteiger partial charge on any atom is -0.456 e. The zero-order valence-corrected chi connectivity index (χ0v) is 33.9. The first kappa shape index (κ1) is 36.3. The van der Waals surface area contributed by atoms with Gasteiger partial charge >= 0.3 is 0 Å². The Morgan fingerprint density at radius 3 is 1.24 bits per heavy atom. The molecule has 0 spiro atoms. The largest absolute Gasteiger partial charge is 0.456 e. The van der Waals surface area contributed by atoms with Gasteiger partial charge in [-0.05, 0) is 74.8 Å². The number of para-hydroxylation sites is 1. The van der Waals surface area contributed by atoms with Gasteiger partial charge in [-0.3, -0.25) is 0 Å². The average Bonchev–Trinajstić information content (AvgIpc) is 3.72. The number of fused-ring (bicyclic) bond motifs is 5. The van der Waals surface area contributed by atoms with E-state index in [0.717, 1.165) is 99.6 Å². The van der Waals surface area contributed by atoms with Crippen LogP contribution < -0.4 is 0 Å². The first-order chi connectivity index (χ1) is 31.1. The average molecular weight is 806 g/mol. The van der Waals surface area contributed by atoms with Crippen LogP contribution in [0.4, 0.5) is 0 Å². The van der Waals surface area contributed by atoms with Crippen molar-refractivity contribution in [3.05, 3.63) is 212 Å². The number of hydrogen-bond acceptors (Lipinski definition) is 6. The van der Waals surface area contributed by atoms with E-state index in [4.69, 9.17) is 29.3 Å². The van der Waals surface area contributed by atoms with E-state index in [-0.39, 0.29) is 0 Å². The van der Waals surface area contributed by atoms with Crippen molar-refractivity contribution < 1.29 is 4.42 Å². The SMILES string of the molecule is c1ccc(-c2ccc(-c3nc(-c4ccccc4)nc(-c4ccc(-c5ccc(-c6cccc(-c7ccc8nc9cc%10c(cc9nc8c7)oc7ccccc7%10)c6)cc5)cc4)n3)cc2)cc1. The summed E-state index contributed by atoms with van der Waals surface area (Å²) >= 11 is 0. The molecular weight excluding hydrogens is 771 g/mol. The van der Waals surface area contributed by atoms with Crippen LogP contribution in [0.25, 0.3) is 123 Å². The summed E-state index contributed by atoms with van der Waals surface area (Å²) in [6.45, 7) is 0. The van der Waals surface area contributed by atoms with Gasteiger partial charge in [-0.25, -0.2) is 24.9 Å². The number of furan rings is 1. The Hall–Kier alpha value is -8.61. The van der Waals surface area contributed by atoms with Crippen LogP contribution in [0.2, 0.25) is 0 Å². The Morgan fingerprint density at radius 1 is 0.222 bits per heavy atom. The van der Waals surface area contributed by atoms with Gasteiger partial charge in [0.1, 0.15) is 11.2 Å². The van der Waals surface area contributed by atoms with Gasteiger partial charge in [0.25, 0.3) is 0 Å². The summed E-state index contributed by atoms with van der Waals surface area (Å²) in [5.74, 6) is 1.90. The molecule has 63 heavy (non-hydrogen) atoms. The third-order valence-corrected chi connectivity index (χ3v) is 11.7. The highest BCUT2D eigenvalue weighted by molar-refractivity contribution is 6.09. The van der Waals surface area contributed by atoms with Gasteiger partial charge in [0.05, 0.1) is 22.1 Å². The highest BCUT2D eigenvalue weighted by Crippen LogP contribution is 2.34. The van der Waals surface area contributed by atoms with Crippen LogP contribution in [-0.2, 0) is 0 Å². The van der Waals surface area contributed by atoms with Crippen molar-refractivity contribution in [1.82, 2.24) is 24.9 Å². The molecule has 0 N–H and O–H groups in total. The second-order valence-electron chi connectivity index (χ2n) is 15.7. The monoisotopic (exact) mass is 805 g/mol. The Labute approximate surface area is 362 Å². The molecule has 3 aromatic heterocycles. The van der Waals surface area contributed by atoms with E-state index in [1.54, 1.807) is 0 Å². The molecule has 0 unspecified atom stereocenters. The molecule has 3 heterocycles. The van der Waals surface area contributed by atoms with Crippen molar-refractivity contribution in [3.63, 3.8) is 0 Å². The summed E-state index contributed by atoms with van der Waals surface area (Å²) in [5, 5.41) is 2.14. The minimum atomic E-state index is 0.628. The first-order valence-corrected chi connectivity index (χ1v) is 21.0. The van der Waals surface area contributed by atoms with Crippen molar-refractivity contribution in [2.75, 3.05) is 0 Å². The summed E-state index contributed by atoms with van der Waals surface area (Å²) in [5.41, 5.74) is 16.9. The van der Waals surface area contributed by atoms with Crippen LogP contribution in [-0.4, -0.2) is 24.9 Å². The second kappa shape index (κ2) is 15.1. The molecule has 12 rings (SSSR count). The first-order valence-electron chi connectivity index (χ1n) is 21.0. The van der Waals surface area contributed by atoms with Crippen molar-refractivity contribution in [2.45, 2.75) is 0 Å². The molecule has 0 saturated heterocycles. The lowest BCUT2D eigenvalue weighted by Gasteiger charge is -2.10. The zero-order valence-electron chi connectivity index (χ0n) is 33.9. The van der Waals surface area contributed by atoms with E-state index < -0.39 is 0 Å². The molecule has 0 aliphatic rings. The summed E-state index contributed by atoms with van der Waals surface area (Å²) in [4.78, 5) is 24.9. The molecular formula is C57H35N5O. The maximum atomic E-state index is 6.15. The molecule has 0 aliphatic heterocycles. The Morgan fingerprint density at radius 2 is 0.619 bits per heavy atom. The molecule has 0 atom stereocenters. The Balaban J connectivity index is 0.808. The van der Waals surface area contributed by atoms with Crippen molar-refractivity contribution >= 4 is 44.0 Å². The summed E-state index contributed by atoms with van der Waals surface area (Å²) in [6.07, 6.45) is 0. The second-order valence-corrected chi connectivity index (χ2v) is 15.7. The molecule has 0 saturated carbocycles.